The highest BCUT2D eigenvalue weighted by atomic mass is 16.2. The second kappa shape index (κ2) is 7.12. The van der Waals surface area contributed by atoms with Crippen molar-refractivity contribution >= 4 is 11.8 Å². The third-order valence-corrected chi connectivity index (χ3v) is 6.50. The quantitative estimate of drug-likeness (QED) is 0.803. The Hall–Kier alpha value is -2.56. The first-order valence-corrected chi connectivity index (χ1v) is 10.5. The van der Waals surface area contributed by atoms with Gasteiger partial charge in [0.05, 0.1) is 6.04 Å². The Morgan fingerprint density at radius 1 is 0.964 bits per heavy atom. The molecule has 0 bridgehead atoms. The van der Waals surface area contributed by atoms with Crippen molar-refractivity contribution in [2.24, 2.45) is 5.92 Å². The molecule has 2 saturated carbocycles. The summed E-state index contributed by atoms with van der Waals surface area (Å²) in [5.74, 6) is 0.427. The standard InChI is InChI=1S/C23H27N3O2/c27-21(16-26(19-11-12-19)23(28)18-8-4-9-18)25-15-14-24-13-5-10-20(24)22(25)17-6-2-1-3-7-17/h1-3,5-7,10,13,18-19,22H,4,8-9,11-12,14-16H2. The monoisotopic (exact) mass is 377 g/mol. The Bertz CT molecular complexity index is 867. The number of fused-ring (bicyclic) bond motifs is 1. The predicted molar refractivity (Wildman–Crippen MR) is 107 cm³/mol. The van der Waals surface area contributed by atoms with E-state index >= 15 is 0 Å². The summed E-state index contributed by atoms with van der Waals surface area (Å²) in [6, 6.07) is 14.6. The van der Waals surface area contributed by atoms with Gasteiger partial charge in [0, 0.05) is 36.9 Å². The molecule has 5 heteroatoms. The van der Waals surface area contributed by atoms with Crippen LogP contribution in [0.15, 0.2) is 48.7 Å². The van der Waals surface area contributed by atoms with Crippen LogP contribution in [0.3, 0.4) is 0 Å². The van der Waals surface area contributed by atoms with Gasteiger partial charge in [0.1, 0.15) is 6.54 Å². The molecule has 28 heavy (non-hydrogen) atoms. The summed E-state index contributed by atoms with van der Waals surface area (Å²) in [6.07, 6.45) is 7.28. The lowest BCUT2D eigenvalue weighted by molar-refractivity contribution is -0.146. The molecule has 2 aliphatic carbocycles. The molecular weight excluding hydrogens is 350 g/mol. The molecule has 2 fully saturated rings. The molecule has 1 aliphatic heterocycles. The molecule has 5 rings (SSSR count). The Morgan fingerprint density at radius 2 is 1.75 bits per heavy atom. The molecule has 1 atom stereocenters. The molecule has 1 unspecified atom stereocenters. The zero-order valence-electron chi connectivity index (χ0n) is 16.2. The van der Waals surface area contributed by atoms with E-state index in [9.17, 15) is 9.59 Å². The average molecular weight is 377 g/mol. The largest absolute Gasteiger partial charge is 0.348 e. The maximum atomic E-state index is 13.4. The van der Waals surface area contributed by atoms with E-state index in [2.05, 4.69) is 35.0 Å². The van der Waals surface area contributed by atoms with Crippen LogP contribution in [0.25, 0.3) is 0 Å². The number of hydrogen-bond donors (Lipinski definition) is 0. The van der Waals surface area contributed by atoms with Crippen molar-refractivity contribution in [3.8, 4) is 0 Å². The van der Waals surface area contributed by atoms with Gasteiger partial charge in [0.25, 0.3) is 0 Å². The first kappa shape index (κ1) is 17.5. The fraction of sp³-hybridized carbons (Fsp3) is 0.478. The number of benzene rings is 1. The van der Waals surface area contributed by atoms with Crippen molar-refractivity contribution in [2.45, 2.75) is 50.7 Å². The van der Waals surface area contributed by atoms with Crippen LogP contribution in [0.1, 0.15) is 49.4 Å². The molecule has 146 valence electrons. The lowest BCUT2D eigenvalue weighted by Gasteiger charge is -2.39. The highest BCUT2D eigenvalue weighted by molar-refractivity contribution is 5.87. The third kappa shape index (κ3) is 3.13. The molecule has 0 radical (unpaired) electrons. The second-order valence-electron chi connectivity index (χ2n) is 8.35. The summed E-state index contributed by atoms with van der Waals surface area (Å²) in [5, 5.41) is 0. The molecular formula is C23H27N3O2. The number of amides is 2. The molecule has 0 spiro atoms. The van der Waals surface area contributed by atoms with E-state index in [-0.39, 0.29) is 36.4 Å². The van der Waals surface area contributed by atoms with Crippen LogP contribution < -0.4 is 0 Å². The lowest BCUT2D eigenvalue weighted by atomic mass is 9.84. The van der Waals surface area contributed by atoms with Crippen molar-refractivity contribution in [3.05, 3.63) is 59.9 Å². The van der Waals surface area contributed by atoms with Crippen molar-refractivity contribution in [2.75, 3.05) is 13.1 Å². The van der Waals surface area contributed by atoms with Crippen LogP contribution in [-0.4, -0.2) is 45.3 Å². The number of aromatic nitrogens is 1. The van der Waals surface area contributed by atoms with E-state index in [1.165, 1.54) is 0 Å². The SMILES string of the molecule is O=C(C1CCC1)N(CC(=O)N1CCn2cccc2C1c1ccccc1)C1CC1. The highest BCUT2D eigenvalue weighted by Gasteiger charge is 2.40. The summed E-state index contributed by atoms with van der Waals surface area (Å²) in [5.41, 5.74) is 2.27. The maximum Gasteiger partial charge on any atom is 0.243 e. The second-order valence-corrected chi connectivity index (χ2v) is 8.35. The number of carbonyl (C=O) groups is 2. The summed E-state index contributed by atoms with van der Waals surface area (Å²) in [4.78, 5) is 30.2. The van der Waals surface area contributed by atoms with Crippen LogP contribution in [0.4, 0.5) is 0 Å². The minimum atomic E-state index is -0.0858. The molecule has 5 nitrogen and oxygen atoms in total. The van der Waals surface area contributed by atoms with Crippen molar-refractivity contribution in [3.63, 3.8) is 0 Å². The summed E-state index contributed by atoms with van der Waals surface area (Å²) < 4.78 is 2.24. The van der Waals surface area contributed by atoms with Crippen LogP contribution >= 0.6 is 0 Å². The Kier molecular flexibility index (Phi) is 4.46. The smallest absolute Gasteiger partial charge is 0.243 e. The van der Waals surface area contributed by atoms with Gasteiger partial charge in [-0.3, -0.25) is 9.59 Å². The van der Waals surface area contributed by atoms with Crippen LogP contribution in [0.5, 0.6) is 0 Å². The molecule has 0 saturated heterocycles. The molecule has 2 heterocycles. The summed E-state index contributed by atoms with van der Waals surface area (Å²) in [6.45, 7) is 1.71. The zero-order valence-corrected chi connectivity index (χ0v) is 16.2. The molecule has 2 amide bonds. The van der Waals surface area contributed by atoms with E-state index in [4.69, 9.17) is 0 Å². The lowest BCUT2D eigenvalue weighted by Crippen LogP contribution is -2.50. The minimum Gasteiger partial charge on any atom is -0.348 e. The molecule has 2 aromatic rings. The molecule has 1 aromatic heterocycles. The fourth-order valence-electron chi connectivity index (χ4n) is 4.54. The predicted octanol–water partition coefficient (Wildman–Crippen LogP) is 3.21. The van der Waals surface area contributed by atoms with Gasteiger partial charge in [0.2, 0.25) is 11.8 Å². The molecule has 1 aromatic carbocycles. The van der Waals surface area contributed by atoms with Crippen LogP contribution in [0, 0.1) is 5.92 Å². The topological polar surface area (TPSA) is 45.6 Å². The van der Waals surface area contributed by atoms with Gasteiger partial charge < -0.3 is 14.4 Å². The van der Waals surface area contributed by atoms with Crippen molar-refractivity contribution in [1.29, 1.82) is 0 Å². The van der Waals surface area contributed by atoms with Gasteiger partial charge in [-0.2, -0.15) is 0 Å². The number of rotatable bonds is 5. The third-order valence-electron chi connectivity index (χ3n) is 6.50. The van der Waals surface area contributed by atoms with Crippen LogP contribution in [-0.2, 0) is 16.1 Å². The van der Waals surface area contributed by atoms with Gasteiger partial charge >= 0.3 is 0 Å². The van der Waals surface area contributed by atoms with Gasteiger partial charge in [-0.1, -0.05) is 36.8 Å². The van der Waals surface area contributed by atoms with E-state index in [1.807, 2.05) is 28.0 Å². The summed E-state index contributed by atoms with van der Waals surface area (Å²) >= 11 is 0. The van der Waals surface area contributed by atoms with Crippen LogP contribution in [0.2, 0.25) is 0 Å². The number of hydrogen-bond acceptors (Lipinski definition) is 2. The van der Waals surface area contributed by atoms with E-state index in [1.54, 1.807) is 0 Å². The normalized spacial score (nSPS) is 21.7. The van der Waals surface area contributed by atoms with Gasteiger partial charge in [-0.05, 0) is 43.4 Å². The Balaban J connectivity index is 1.40. The Morgan fingerprint density at radius 3 is 2.43 bits per heavy atom. The molecule has 3 aliphatic rings. The van der Waals surface area contributed by atoms with E-state index < -0.39 is 0 Å². The number of carbonyl (C=O) groups excluding carboxylic acids is 2. The minimum absolute atomic E-state index is 0.0703. The summed E-state index contributed by atoms with van der Waals surface area (Å²) in [7, 11) is 0. The van der Waals surface area contributed by atoms with E-state index in [0.717, 1.165) is 49.9 Å². The highest BCUT2D eigenvalue weighted by Crippen LogP contribution is 2.36. The first-order chi connectivity index (χ1) is 13.7. The average Bonchev–Trinajstić information content (AvgIpc) is 3.40. The number of nitrogens with zero attached hydrogens (tertiary/aromatic N) is 3. The zero-order chi connectivity index (χ0) is 19.1. The van der Waals surface area contributed by atoms with Gasteiger partial charge in [-0.25, -0.2) is 0 Å². The van der Waals surface area contributed by atoms with Crippen molar-refractivity contribution in [1.82, 2.24) is 14.4 Å². The van der Waals surface area contributed by atoms with E-state index in [0.29, 0.717) is 6.54 Å². The molecule has 0 N–H and O–H groups in total. The first-order valence-electron chi connectivity index (χ1n) is 10.5. The van der Waals surface area contributed by atoms with Gasteiger partial charge in [-0.15, -0.1) is 0 Å². The Labute approximate surface area is 165 Å². The van der Waals surface area contributed by atoms with Crippen molar-refractivity contribution < 1.29 is 9.59 Å². The van der Waals surface area contributed by atoms with Gasteiger partial charge in [0.15, 0.2) is 0 Å². The fourth-order valence-corrected chi connectivity index (χ4v) is 4.54. The maximum absolute atomic E-state index is 13.4.